The molecule has 270 valence electrons. The Morgan fingerprint density at radius 2 is 0.804 bits per heavy atom. The summed E-state index contributed by atoms with van der Waals surface area (Å²) in [5.74, 6) is -9.18. The molecule has 0 heterocycles. The van der Waals surface area contributed by atoms with Crippen LogP contribution in [0.4, 0.5) is 52.7 Å². The van der Waals surface area contributed by atoms with Crippen LogP contribution >= 0.6 is 0 Å². The second kappa shape index (κ2) is 18.3. The lowest BCUT2D eigenvalue weighted by molar-refractivity contribution is -0.187. The molecule has 0 aromatic rings. The Labute approximate surface area is 253 Å². The number of hydrogen-bond acceptors (Lipinski definition) is 7. The van der Waals surface area contributed by atoms with Crippen molar-refractivity contribution in [1.29, 1.82) is 0 Å². The molecule has 0 radical (unpaired) electrons. The lowest BCUT2D eigenvalue weighted by Crippen LogP contribution is -2.45. The number of rotatable bonds is 18. The minimum absolute atomic E-state index is 0.206. The molecular weight excluding hydrogens is 672 g/mol. The van der Waals surface area contributed by atoms with Crippen LogP contribution in [-0.2, 0) is 28.7 Å². The molecule has 11 nitrogen and oxygen atoms in total. The molecule has 0 atom stereocenters. The summed E-state index contributed by atoms with van der Waals surface area (Å²) in [6.45, 7) is -6.67. The Kier molecular flexibility index (Phi) is 17.1. The first-order valence-electron chi connectivity index (χ1n) is 13.0. The van der Waals surface area contributed by atoms with Gasteiger partial charge in [-0.05, 0) is 12.8 Å². The topological polar surface area (TPSA) is 120 Å². The van der Waals surface area contributed by atoms with Crippen molar-refractivity contribution in [1.82, 2.24) is 19.6 Å². The molecule has 0 aromatic heterocycles. The normalized spacial score (nSPS) is 12.7. The van der Waals surface area contributed by atoms with E-state index in [9.17, 15) is 77.0 Å². The maximum Gasteiger partial charge on any atom is 0.471 e. The Balaban J connectivity index is 4.77. The molecule has 0 aliphatic carbocycles. The highest BCUT2D eigenvalue weighted by atomic mass is 19.4. The maximum atomic E-state index is 12.9. The third kappa shape index (κ3) is 16.5. The van der Waals surface area contributed by atoms with Gasteiger partial charge in [-0.3, -0.25) is 19.2 Å². The van der Waals surface area contributed by atoms with E-state index in [2.05, 4.69) is 0 Å². The van der Waals surface area contributed by atoms with Gasteiger partial charge in [-0.15, -0.1) is 0 Å². The average Bonchev–Trinajstić information content (AvgIpc) is 2.91. The maximum absolute atomic E-state index is 12.9. The molecule has 0 unspecified atom stereocenters. The highest BCUT2D eigenvalue weighted by molar-refractivity contribution is 5.83. The van der Waals surface area contributed by atoms with Crippen LogP contribution in [-0.4, -0.2) is 159 Å². The number of ether oxygens (including phenoxy) is 2. The number of aliphatic hydroxyl groups excluding tert-OH is 1. The molecule has 0 saturated carbocycles. The zero-order chi connectivity index (χ0) is 36.1. The minimum atomic E-state index is -5.35. The van der Waals surface area contributed by atoms with Crippen molar-refractivity contribution < 1.29 is 86.4 Å². The monoisotopic (exact) mass is 704 g/mol. The van der Waals surface area contributed by atoms with E-state index >= 15 is 0 Å². The number of nitrogens with zero attached hydrogens (tertiary/aromatic N) is 4. The van der Waals surface area contributed by atoms with E-state index in [0.717, 1.165) is 14.1 Å². The first-order chi connectivity index (χ1) is 20.8. The Hall–Kier alpha value is -3.08. The minimum Gasteiger partial charge on any atom is -0.388 e. The highest BCUT2D eigenvalue weighted by Gasteiger charge is 2.44. The van der Waals surface area contributed by atoms with Gasteiger partial charge in [0.15, 0.2) is 0 Å². The lowest BCUT2D eigenvalue weighted by Gasteiger charge is -2.26. The molecular formula is C23H32F12N4O7. The summed E-state index contributed by atoms with van der Waals surface area (Å²) < 4.78 is 162. The second-order valence-electron chi connectivity index (χ2n) is 9.54. The van der Waals surface area contributed by atoms with E-state index in [-0.39, 0.29) is 19.6 Å². The predicted molar refractivity (Wildman–Crippen MR) is 130 cm³/mol. The smallest absolute Gasteiger partial charge is 0.388 e. The fourth-order valence-electron chi connectivity index (χ4n) is 3.46. The zero-order valence-corrected chi connectivity index (χ0v) is 24.3. The van der Waals surface area contributed by atoms with Gasteiger partial charge in [-0.1, -0.05) is 0 Å². The molecule has 0 spiro atoms. The van der Waals surface area contributed by atoms with Crippen molar-refractivity contribution in [3.63, 3.8) is 0 Å². The third-order valence-electron chi connectivity index (χ3n) is 5.71. The third-order valence-corrected chi connectivity index (χ3v) is 5.71. The highest BCUT2D eigenvalue weighted by Crippen LogP contribution is 2.21. The van der Waals surface area contributed by atoms with Crippen LogP contribution in [0.5, 0.6) is 0 Å². The Morgan fingerprint density at radius 3 is 1.07 bits per heavy atom. The van der Waals surface area contributed by atoms with Gasteiger partial charge in [0.1, 0.15) is 6.10 Å². The fraction of sp³-hybridized carbons (Fsp3) is 0.826. The summed E-state index contributed by atoms with van der Waals surface area (Å²) in [5, 5.41) is 9.87. The number of carbonyl (C=O) groups is 4. The molecule has 46 heavy (non-hydrogen) atoms. The first-order valence-corrected chi connectivity index (χ1v) is 13.0. The summed E-state index contributed by atoms with van der Waals surface area (Å²) >= 11 is 0. The van der Waals surface area contributed by atoms with Gasteiger partial charge in [0, 0.05) is 53.4 Å². The second-order valence-corrected chi connectivity index (χ2v) is 9.54. The molecule has 0 saturated heterocycles. The SMILES string of the molecule is CN(CCCN(CCOCC(O)COCCN(CCCN(C)C(=O)C(F)(F)F)C(=O)C(F)(F)F)C(=O)C(F)(F)F)C(=O)C(F)(F)F. The molecule has 0 aliphatic heterocycles. The van der Waals surface area contributed by atoms with Crippen LogP contribution < -0.4 is 0 Å². The summed E-state index contributed by atoms with van der Waals surface area (Å²) in [4.78, 5) is 46.3. The Bertz CT molecular complexity index is 914. The summed E-state index contributed by atoms with van der Waals surface area (Å²) in [6, 6.07) is 0. The zero-order valence-electron chi connectivity index (χ0n) is 24.3. The van der Waals surface area contributed by atoms with Gasteiger partial charge in [-0.2, -0.15) is 52.7 Å². The van der Waals surface area contributed by atoms with Gasteiger partial charge in [0.25, 0.3) is 0 Å². The Morgan fingerprint density at radius 1 is 0.522 bits per heavy atom. The number of aliphatic hydroxyl groups is 1. The molecule has 23 heteroatoms. The molecule has 0 aliphatic rings. The van der Waals surface area contributed by atoms with Crippen LogP contribution in [0, 0.1) is 0 Å². The van der Waals surface area contributed by atoms with Crippen molar-refractivity contribution in [3.8, 4) is 0 Å². The van der Waals surface area contributed by atoms with E-state index in [1.165, 1.54) is 0 Å². The molecule has 4 amide bonds. The van der Waals surface area contributed by atoms with Crippen molar-refractivity contribution >= 4 is 23.6 Å². The van der Waals surface area contributed by atoms with Crippen LogP contribution in [0.15, 0.2) is 0 Å². The van der Waals surface area contributed by atoms with E-state index in [1.807, 2.05) is 0 Å². The van der Waals surface area contributed by atoms with Crippen molar-refractivity contribution in [3.05, 3.63) is 0 Å². The van der Waals surface area contributed by atoms with Crippen LogP contribution in [0.1, 0.15) is 12.8 Å². The molecule has 1 N–H and O–H groups in total. The van der Waals surface area contributed by atoms with E-state index < -0.39 is 133 Å². The molecule has 0 bridgehead atoms. The average molecular weight is 705 g/mol. The van der Waals surface area contributed by atoms with Crippen LogP contribution in [0.25, 0.3) is 0 Å². The first kappa shape index (κ1) is 42.9. The predicted octanol–water partition coefficient (Wildman–Crippen LogP) is 1.98. The van der Waals surface area contributed by atoms with Gasteiger partial charge < -0.3 is 34.2 Å². The number of carbonyl (C=O) groups excluding carboxylic acids is 4. The standard InChI is InChI=1S/C23H32F12N4O7/c1-36(16(41)20(24,25)26)5-3-7-38(18(43)22(30,31)32)9-11-45-13-15(40)14-46-12-10-39(19(44)23(33,34)35)8-4-6-37(2)17(42)21(27,28)29/h15,40H,3-14H2,1-2H3. The number of amides is 4. The summed E-state index contributed by atoms with van der Waals surface area (Å²) in [7, 11) is 1.52. The van der Waals surface area contributed by atoms with Gasteiger partial charge in [0.2, 0.25) is 0 Å². The molecule has 0 aromatic carbocycles. The number of alkyl halides is 12. The molecule has 0 fully saturated rings. The van der Waals surface area contributed by atoms with Gasteiger partial charge in [-0.25, -0.2) is 0 Å². The lowest BCUT2D eigenvalue weighted by atomic mass is 10.3. The largest absolute Gasteiger partial charge is 0.471 e. The van der Waals surface area contributed by atoms with E-state index in [4.69, 9.17) is 9.47 Å². The van der Waals surface area contributed by atoms with Gasteiger partial charge >= 0.3 is 48.3 Å². The van der Waals surface area contributed by atoms with Crippen LogP contribution in [0.3, 0.4) is 0 Å². The summed E-state index contributed by atoms with van der Waals surface area (Å²) in [6.07, 6.45) is -23.6. The fourth-order valence-corrected chi connectivity index (χ4v) is 3.46. The quantitative estimate of drug-likeness (QED) is 0.171. The van der Waals surface area contributed by atoms with Crippen molar-refractivity contribution in [2.24, 2.45) is 0 Å². The number of halogens is 12. The number of hydrogen-bond donors (Lipinski definition) is 1. The van der Waals surface area contributed by atoms with Crippen molar-refractivity contribution in [2.75, 3.05) is 79.8 Å². The summed E-state index contributed by atoms with van der Waals surface area (Å²) in [5.41, 5.74) is 0. The molecule has 0 rings (SSSR count). The van der Waals surface area contributed by atoms with Crippen LogP contribution in [0.2, 0.25) is 0 Å². The van der Waals surface area contributed by atoms with E-state index in [0.29, 0.717) is 0 Å². The van der Waals surface area contributed by atoms with Gasteiger partial charge in [0.05, 0.1) is 26.4 Å². The van der Waals surface area contributed by atoms with E-state index in [1.54, 1.807) is 0 Å². The van der Waals surface area contributed by atoms with Crippen molar-refractivity contribution in [2.45, 2.75) is 43.7 Å².